The Morgan fingerprint density at radius 2 is 1.85 bits per heavy atom. The smallest absolute Gasteiger partial charge is 0.124 e. The van der Waals surface area contributed by atoms with Crippen molar-refractivity contribution in [3.8, 4) is 5.75 Å². The summed E-state index contributed by atoms with van der Waals surface area (Å²) < 4.78 is 5.30. The number of H-pyrrole nitrogens is 1. The standard InChI is InChI=1S/C21H27N3OS/c1-21(2,3)13-7-10-18(24(4)5)15(11-13)19(26)20-22-16-9-8-14(25-6)12-17(16)23-20/h7-12,19,26H,1-6H3,(H,22,23). The number of methoxy groups -OCH3 is 1. The first-order valence-electron chi connectivity index (χ1n) is 8.74. The summed E-state index contributed by atoms with van der Waals surface area (Å²) in [6.45, 7) is 6.67. The van der Waals surface area contributed by atoms with E-state index in [1.807, 2.05) is 18.2 Å². The van der Waals surface area contributed by atoms with Crippen LogP contribution in [-0.4, -0.2) is 31.2 Å². The van der Waals surface area contributed by atoms with Gasteiger partial charge in [-0.3, -0.25) is 0 Å². The maximum Gasteiger partial charge on any atom is 0.124 e. The average molecular weight is 370 g/mol. The van der Waals surface area contributed by atoms with Gasteiger partial charge in [-0.25, -0.2) is 4.98 Å². The van der Waals surface area contributed by atoms with E-state index in [0.29, 0.717) is 0 Å². The number of hydrogen-bond acceptors (Lipinski definition) is 4. The number of benzene rings is 2. The largest absolute Gasteiger partial charge is 0.497 e. The SMILES string of the molecule is COc1ccc2[nH]c(C(S)c3cc(C(C)(C)C)ccc3N(C)C)nc2c1. The molecule has 0 aliphatic carbocycles. The molecule has 0 aliphatic heterocycles. The lowest BCUT2D eigenvalue weighted by molar-refractivity contribution is 0.415. The Bertz CT molecular complexity index is 925. The molecular weight excluding hydrogens is 342 g/mol. The van der Waals surface area contributed by atoms with Crippen LogP contribution in [0.4, 0.5) is 5.69 Å². The lowest BCUT2D eigenvalue weighted by Gasteiger charge is -2.25. The Balaban J connectivity index is 2.09. The molecule has 1 heterocycles. The molecule has 0 bridgehead atoms. The fourth-order valence-electron chi connectivity index (χ4n) is 3.06. The van der Waals surface area contributed by atoms with Gasteiger partial charge in [-0.05, 0) is 34.7 Å². The molecule has 26 heavy (non-hydrogen) atoms. The molecule has 3 aromatic rings. The van der Waals surface area contributed by atoms with Crippen LogP contribution in [0.5, 0.6) is 5.75 Å². The predicted octanol–water partition coefficient (Wildman–Crippen LogP) is 4.95. The molecule has 0 fully saturated rings. The first-order valence-corrected chi connectivity index (χ1v) is 9.26. The molecule has 1 unspecified atom stereocenters. The lowest BCUT2D eigenvalue weighted by Crippen LogP contribution is -2.16. The quantitative estimate of drug-likeness (QED) is 0.639. The van der Waals surface area contributed by atoms with E-state index in [4.69, 9.17) is 22.3 Å². The number of aromatic amines is 1. The van der Waals surface area contributed by atoms with Crippen LogP contribution in [0.3, 0.4) is 0 Å². The van der Waals surface area contributed by atoms with Crippen LogP contribution in [0.25, 0.3) is 11.0 Å². The number of ether oxygens (including phenoxy) is 1. The number of aromatic nitrogens is 2. The van der Waals surface area contributed by atoms with Crippen molar-refractivity contribution in [2.75, 3.05) is 26.1 Å². The zero-order valence-electron chi connectivity index (χ0n) is 16.3. The summed E-state index contributed by atoms with van der Waals surface area (Å²) in [6.07, 6.45) is 0. The molecule has 0 radical (unpaired) electrons. The Morgan fingerprint density at radius 3 is 2.46 bits per heavy atom. The summed E-state index contributed by atoms with van der Waals surface area (Å²) in [5.74, 6) is 1.64. The normalized spacial score (nSPS) is 13.0. The van der Waals surface area contributed by atoms with E-state index in [0.717, 1.165) is 33.9 Å². The van der Waals surface area contributed by atoms with Gasteiger partial charge >= 0.3 is 0 Å². The zero-order valence-corrected chi connectivity index (χ0v) is 17.2. The minimum atomic E-state index is -0.145. The number of hydrogen-bond donors (Lipinski definition) is 2. The van der Waals surface area contributed by atoms with Crippen LogP contribution in [0.2, 0.25) is 0 Å². The second-order valence-electron chi connectivity index (χ2n) is 7.83. The number of thiol groups is 1. The highest BCUT2D eigenvalue weighted by Crippen LogP contribution is 2.37. The average Bonchev–Trinajstić information content (AvgIpc) is 3.02. The van der Waals surface area contributed by atoms with Crippen LogP contribution in [-0.2, 0) is 5.41 Å². The monoisotopic (exact) mass is 369 g/mol. The highest BCUT2D eigenvalue weighted by molar-refractivity contribution is 7.80. The number of nitrogens with zero attached hydrogens (tertiary/aromatic N) is 2. The Morgan fingerprint density at radius 1 is 1.12 bits per heavy atom. The van der Waals surface area contributed by atoms with E-state index in [1.165, 1.54) is 5.56 Å². The highest BCUT2D eigenvalue weighted by atomic mass is 32.1. The second-order valence-corrected chi connectivity index (χ2v) is 8.34. The van der Waals surface area contributed by atoms with Gasteiger partial charge in [0.1, 0.15) is 11.6 Å². The number of nitrogens with one attached hydrogen (secondary N) is 1. The molecule has 0 saturated heterocycles. The van der Waals surface area contributed by atoms with Gasteiger partial charge < -0.3 is 14.6 Å². The van der Waals surface area contributed by atoms with E-state index in [1.54, 1.807) is 7.11 Å². The van der Waals surface area contributed by atoms with Gasteiger partial charge in [0.2, 0.25) is 0 Å². The van der Waals surface area contributed by atoms with Crippen molar-refractivity contribution in [3.05, 3.63) is 53.3 Å². The maximum atomic E-state index is 5.30. The van der Waals surface area contributed by atoms with E-state index in [-0.39, 0.29) is 10.7 Å². The fraction of sp³-hybridized carbons (Fsp3) is 0.381. The van der Waals surface area contributed by atoms with E-state index in [9.17, 15) is 0 Å². The summed E-state index contributed by atoms with van der Waals surface area (Å²) in [6, 6.07) is 12.5. The molecule has 0 saturated carbocycles. The third-order valence-electron chi connectivity index (χ3n) is 4.64. The van der Waals surface area contributed by atoms with Crippen LogP contribution < -0.4 is 9.64 Å². The Labute approximate surface area is 161 Å². The highest BCUT2D eigenvalue weighted by Gasteiger charge is 2.22. The number of rotatable bonds is 4. The number of fused-ring (bicyclic) bond motifs is 1. The van der Waals surface area contributed by atoms with Gasteiger partial charge in [-0.15, -0.1) is 0 Å². The summed E-state index contributed by atoms with van der Waals surface area (Å²) >= 11 is 4.92. The lowest BCUT2D eigenvalue weighted by atomic mass is 9.85. The van der Waals surface area contributed by atoms with Gasteiger partial charge in [0.25, 0.3) is 0 Å². The Hall–Kier alpha value is -2.14. The minimum Gasteiger partial charge on any atom is -0.497 e. The first-order chi connectivity index (χ1) is 12.2. The molecule has 0 aliphatic rings. The summed E-state index contributed by atoms with van der Waals surface area (Å²) in [7, 11) is 5.77. The fourth-order valence-corrected chi connectivity index (χ4v) is 3.39. The Kier molecular flexibility index (Phi) is 4.93. The van der Waals surface area contributed by atoms with Crippen molar-refractivity contribution in [1.82, 2.24) is 9.97 Å². The van der Waals surface area contributed by atoms with E-state index < -0.39 is 0 Å². The van der Waals surface area contributed by atoms with Crippen molar-refractivity contribution in [2.45, 2.75) is 31.4 Å². The maximum absolute atomic E-state index is 5.30. The van der Waals surface area contributed by atoms with Crippen molar-refractivity contribution in [2.24, 2.45) is 0 Å². The van der Waals surface area contributed by atoms with Gasteiger partial charge in [0.05, 0.1) is 23.4 Å². The second kappa shape index (κ2) is 6.88. The first kappa shape index (κ1) is 18.6. The van der Waals surface area contributed by atoms with Crippen molar-refractivity contribution in [3.63, 3.8) is 0 Å². The molecule has 138 valence electrons. The third kappa shape index (κ3) is 3.54. The van der Waals surface area contributed by atoms with Gasteiger partial charge in [0, 0.05) is 25.8 Å². The molecule has 5 heteroatoms. The van der Waals surface area contributed by atoms with E-state index in [2.05, 4.69) is 62.9 Å². The van der Waals surface area contributed by atoms with Crippen molar-refractivity contribution >= 4 is 29.3 Å². The minimum absolute atomic E-state index is 0.0777. The van der Waals surface area contributed by atoms with Gasteiger partial charge in [-0.2, -0.15) is 12.6 Å². The molecule has 0 spiro atoms. The van der Waals surface area contributed by atoms with Gasteiger partial charge in [0.15, 0.2) is 0 Å². The summed E-state index contributed by atoms with van der Waals surface area (Å²) in [5.41, 5.74) is 5.53. The molecule has 1 atom stereocenters. The third-order valence-corrected chi connectivity index (χ3v) is 5.16. The van der Waals surface area contributed by atoms with Crippen molar-refractivity contribution in [1.29, 1.82) is 0 Å². The zero-order chi connectivity index (χ0) is 19.1. The molecule has 4 nitrogen and oxygen atoms in total. The predicted molar refractivity (Wildman–Crippen MR) is 113 cm³/mol. The molecule has 3 rings (SSSR count). The van der Waals surface area contributed by atoms with Crippen LogP contribution in [0, 0.1) is 0 Å². The number of anilines is 1. The number of imidazole rings is 1. The van der Waals surface area contributed by atoms with Crippen molar-refractivity contribution < 1.29 is 4.74 Å². The molecule has 0 amide bonds. The van der Waals surface area contributed by atoms with Crippen LogP contribution >= 0.6 is 12.6 Å². The van der Waals surface area contributed by atoms with Crippen LogP contribution in [0.15, 0.2) is 36.4 Å². The summed E-state index contributed by atoms with van der Waals surface area (Å²) in [5, 5.41) is -0.145. The molecule has 1 aromatic heterocycles. The molecule has 2 aromatic carbocycles. The summed E-state index contributed by atoms with van der Waals surface area (Å²) in [4.78, 5) is 10.3. The van der Waals surface area contributed by atoms with Crippen LogP contribution in [0.1, 0.15) is 43.0 Å². The van der Waals surface area contributed by atoms with E-state index >= 15 is 0 Å². The molecule has 1 N–H and O–H groups in total. The topological polar surface area (TPSA) is 41.1 Å². The molecular formula is C21H27N3OS. The van der Waals surface area contributed by atoms with Gasteiger partial charge in [-0.1, -0.05) is 32.9 Å².